The fourth-order valence-electron chi connectivity index (χ4n) is 1.68. The fourth-order valence-corrected chi connectivity index (χ4v) is 1.68. The number of H-pyrrole nitrogens is 1. The van der Waals surface area contributed by atoms with Gasteiger partial charge in [-0.1, -0.05) is 0 Å². The summed E-state index contributed by atoms with van der Waals surface area (Å²) >= 11 is 0. The van der Waals surface area contributed by atoms with Crippen LogP contribution in [0.15, 0.2) is 30.5 Å². The third-order valence-corrected chi connectivity index (χ3v) is 2.60. The molecule has 0 saturated heterocycles. The molecule has 1 heterocycles. The van der Waals surface area contributed by atoms with Crippen molar-refractivity contribution in [3.05, 3.63) is 41.8 Å². The van der Waals surface area contributed by atoms with Gasteiger partial charge < -0.3 is 10.6 Å². The first-order valence-corrected chi connectivity index (χ1v) is 5.49. The monoisotopic (exact) mass is 248 g/mol. The summed E-state index contributed by atoms with van der Waals surface area (Å²) in [4.78, 5) is 13.7. The number of carbonyl (C=O) groups excluding carboxylic acids is 1. The van der Waals surface area contributed by atoms with Crippen LogP contribution in [0.2, 0.25) is 0 Å². The second kappa shape index (κ2) is 4.87. The number of nitrogen functional groups attached to an aromatic ring is 1. The Bertz CT molecular complexity index is 549. The summed E-state index contributed by atoms with van der Waals surface area (Å²) in [5, 5.41) is 6.22. The molecule has 0 radical (unpaired) electrons. The van der Waals surface area contributed by atoms with Crippen molar-refractivity contribution in [1.82, 2.24) is 10.2 Å². The number of nitrogens with one attached hydrogen (secondary N) is 1. The normalized spacial score (nSPS) is 10.3. The van der Waals surface area contributed by atoms with Crippen LogP contribution in [0.4, 0.5) is 15.9 Å². The highest BCUT2D eigenvalue weighted by molar-refractivity contribution is 6.08. The number of halogens is 1. The number of anilines is 2. The molecule has 5 nitrogen and oxygen atoms in total. The largest absolute Gasteiger partial charge is 0.383 e. The smallest absolute Gasteiger partial charge is 0.263 e. The van der Waals surface area contributed by atoms with Gasteiger partial charge in [0.2, 0.25) is 0 Å². The SMILES string of the molecule is CCN(C(=O)c1cn[nH]c1N)c1ccc(F)cc1. The van der Waals surface area contributed by atoms with Crippen molar-refractivity contribution in [3.63, 3.8) is 0 Å². The molecular formula is C12H13FN4O. The van der Waals surface area contributed by atoms with Gasteiger partial charge in [-0.2, -0.15) is 5.10 Å². The van der Waals surface area contributed by atoms with E-state index in [9.17, 15) is 9.18 Å². The molecule has 0 aliphatic carbocycles. The second-order valence-electron chi connectivity index (χ2n) is 3.72. The Kier molecular flexibility index (Phi) is 3.27. The number of amides is 1. The van der Waals surface area contributed by atoms with E-state index < -0.39 is 0 Å². The lowest BCUT2D eigenvalue weighted by Gasteiger charge is -2.20. The van der Waals surface area contributed by atoms with Crippen LogP contribution in [0.25, 0.3) is 0 Å². The highest BCUT2D eigenvalue weighted by Gasteiger charge is 2.19. The average molecular weight is 248 g/mol. The summed E-state index contributed by atoms with van der Waals surface area (Å²) < 4.78 is 12.9. The van der Waals surface area contributed by atoms with Gasteiger partial charge in [-0.3, -0.25) is 9.89 Å². The van der Waals surface area contributed by atoms with E-state index in [0.29, 0.717) is 17.8 Å². The number of hydrogen-bond acceptors (Lipinski definition) is 3. The van der Waals surface area contributed by atoms with Crippen molar-refractivity contribution in [2.24, 2.45) is 0 Å². The molecule has 0 saturated carbocycles. The van der Waals surface area contributed by atoms with E-state index in [4.69, 9.17) is 5.73 Å². The molecule has 6 heteroatoms. The molecule has 3 N–H and O–H groups in total. The minimum atomic E-state index is -0.343. The van der Waals surface area contributed by atoms with Gasteiger partial charge in [-0.25, -0.2) is 4.39 Å². The molecule has 0 atom stereocenters. The Morgan fingerprint density at radius 1 is 1.44 bits per heavy atom. The van der Waals surface area contributed by atoms with E-state index in [1.54, 1.807) is 12.1 Å². The Labute approximate surface area is 103 Å². The standard InChI is InChI=1S/C12H13FN4O/c1-2-17(9-5-3-8(13)4-6-9)12(18)10-7-15-16-11(10)14/h3-7H,2H2,1H3,(H3,14,15,16). The first-order valence-electron chi connectivity index (χ1n) is 5.49. The Morgan fingerprint density at radius 3 is 2.61 bits per heavy atom. The van der Waals surface area contributed by atoms with Gasteiger partial charge >= 0.3 is 0 Å². The van der Waals surface area contributed by atoms with Crippen LogP contribution in [-0.2, 0) is 0 Å². The molecule has 1 amide bonds. The molecule has 1 aromatic heterocycles. The number of aromatic amines is 1. The Hall–Kier alpha value is -2.37. The van der Waals surface area contributed by atoms with Gasteiger partial charge in [0.15, 0.2) is 0 Å². The molecule has 2 rings (SSSR count). The Morgan fingerprint density at radius 2 is 2.11 bits per heavy atom. The number of aromatic nitrogens is 2. The van der Waals surface area contributed by atoms with Gasteiger partial charge in [-0.05, 0) is 31.2 Å². The van der Waals surface area contributed by atoms with Crippen molar-refractivity contribution >= 4 is 17.4 Å². The predicted molar refractivity (Wildman–Crippen MR) is 66.8 cm³/mol. The molecule has 1 aromatic carbocycles. The molecule has 0 fully saturated rings. The minimum Gasteiger partial charge on any atom is -0.383 e. The molecule has 0 aliphatic heterocycles. The topological polar surface area (TPSA) is 75.0 Å². The third-order valence-electron chi connectivity index (χ3n) is 2.60. The summed E-state index contributed by atoms with van der Waals surface area (Å²) in [5.74, 6) is -0.388. The number of nitrogens with zero attached hydrogens (tertiary/aromatic N) is 2. The summed E-state index contributed by atoms with van der Waals surface area (Å²) in [6.45, 7) is 2.28. The van der Waals surface area contributed by atoms with Gasteiger partial charge in [0.25, 0.3) is 5.91 Å². The van der Waals surface area contributed by atoms with Gasteiger partial charge in [0.05, 0.1) is 6.20 Å². The molecule has 0 spiro atoms. The molecule has 0 bridgehead atoms. The first kappa shape index (κ1) is 12.1. The highest BCUT2D eigenvalue weighted by Crippen LogP contribution is 2.19. The maximum absolute atomic E-state index is 12.9. The van der Waals surface area contributed by atoms with E-state index in [-0.39, 0.29) is 17.5 Å². The van der Waals surface area contributed by atoms with Crippen LogP contribution >= 0.6 is 0 Å². The summed E-state index contributed by atoms with van der Waals surface area (Å²) in [6.07, 6.45) is 1.38. The molecule has 0 aliphatic rings. The van der Waals surface area contributed by atoms with Crippen LogP contribution in [0.1, 0.15) is 17.3 Å². The van der Waals surface area contributed by atoms with Crippen molar-refractivity contribution in [2.45, 2.75) is 6.92 Å². The van der Waals surface area contributed by atoms with Crippen molar-refractivity contribution in [2.75, 3.05) is 17.2 Å². The zero-order valence-electron chi connectivity index (χ0n) is 9.85. The van der Waals surface area contributed by atoms with Crippen LogP contribution in [-0.4, -0.2) is 22.6 Å². The molecule has 2 aromatic rings. The summed E-state index contributed by atoms with van der Waals surface area (Å²) in [5.41, 5.74) is 6.53. The molecular weight excluding hydrogens is 235 g/mol. The third kappa shape index (κ3) is 2.17. The molecule has 94 valence electrons. The quantitative estimate of drug-likeness (QED) is 0.869. The number of hydrogen-bond donors (Lipinski definition) is 2. The van der Waals surface area contributed by atoms with E-state index in [2.05, 4.69) is 10.2 Å². The van der Waals surface area contributed by atoms with Crippen molar-refractivity contribution in [1.29, 1.82) is 0 Å². The fraction of sp³-hybridized carbons (Fsp3) is 0.167. The minimum absolute atomic E-state index is 0.223. The zero-order valence-corrected chi connectivity index (χ0v) is 9.85. The van der Waals surface area contributed by atoms with Gasteiger partial charge in [0, 0.05) is 12.2 Å². The maximum atomic E-state index is 12.9. The number of nitrogens with two attached hydrogens (primary N) is 1. The van der Waals surface area contributed by atoms with Crippen LogP contribution in [0, 0.1) is 5.82 Å². The van der Waals surface area contributed by atoms with Crippen LogP contribution < -0.4 is 10.6 Å². The van der Waals surface area contributed by atoms with Crippen LogP contribution in [0.3, 0.4) is 0 Å². The van der Waals surface area contributed by atoms with Crippen LogP contribution in [0.5, 0.6) is 0 Å². The average Bonchev–Trinajstić information content (AvgIpc) is 2.78. The number of rotatable bonds is 3. The lowest BCUT2D eigenvalue weighted by atomic mass is 10.2. The van der Waals surface area contributed by atoms with Gasteiger partial charge in [-0.15, -0.1) is 0 Å². The first-order chi connectivity index (χ1) is 8.63. The van der Waals surface area contributed by atoms with E-state index >= 15 is 0 Å². The van der Waals surface area contributed by atoms with E-state index in [1.807, 2.05) is 6.92 Å². The molecule has 18 heavy (non-hydrogen) atoms. The second-order valence-corrected chi connectivity index (χ2v) is 3.72. The number of benzene rings is 1. The maximum Gasteiger partial charge on any atom is 0.263 e. The lowest BCUT2D eigenvalue weighted by Crippen LogP contribution is -2.30. The predicted octanol–water partition coefficient (Wildman–Crippen LogP) is 1.80. The van der Waals surface area contributed by atoms with E-state index in [1.165, 1.54) is 23.2 Å². The van der Waals surface area contributed by atoms with E-state index in [0.717, 1.165) is 0 Å². The van der Waals surface area contributed by atoms with Crippen molar-refractivity contribution in [3.8, 4) is 0 Å². The summed E-state index contributed by atoms with van der Waals surface area (Å²) in [7, 11) is 0. The van der Waals surface area contributed by atoms with Gasteiger partial charge in [0.1, 0.15) is 17.2 Å². The number of carbonyl (C=O) groups is 1. The highest BCUT2D eigenvalue weighted by atomic mass is 19.1. The zero-order chi connectivity index (χ0) is 13.1. The van der Waals surface area contributed by atoms with Crippen molar-refractivity contribution < 1.29 is 9.18 Å². The summed E-state index contributed by atoms with van der Waals surface area (Å²) in [6, 6.07) is 5.72. The molecule has 0 unspecified atom stereocenters. The Balaban J connectivity index is 2.32. The lowest BCUT2D eigenvalue weighted by molar-refractivity contribution is 0.0989.